The largest absolute Gasteiger partial charge is 0.490 e. The highest BCUT2D eigenvalue weighted by atomic mass is 79.9. The topological polar surface area (TPSA) is 31.4 Å². The van der Waals surface area contributed by atoms with Crippen LogP contribution in [0.4, 0.5) is 0 Å². The molecule has 0 amide bonds. The Morgan fingerprint density at radius 1 is 1.06 bits per heavy atom. The van der Waals surface area contributed by atoms with E-state index in [-0.39, 0.29) is 0 Å². The first-order valence-corrected chi connectivity index (χ1v) is 6.48. The van der Waals surface area contributed by atoms with Crippen LogP contribution in [0, 0.1) is 6.92 Å². The molecule has 0 radical (unpaired) electrons. The average molecular weight is 308 g/mol. The summed E-state index contributed by atoms with van der Waals surface area (Å²) < 4.78 is 12.0. The Morgan fingerprint density at radius 3 is 2.56 bits per heavy atom. The van der Waals surface area contributed by atoms with E-state index in [2.05, 4.69) is 20.9 Å². The molecule has 0 N–H and O–H groups in total. The predicted octanol–water partition coefficient (Wildman–Crippen LogP) is 3.61. The van der Waals surface area contributed by atoms with Crippen LogP contribution in [-0.4, -0.2) is 18.2 Å². The molecule has 1 heterocycles. The number of para-hydroxylation sites is 1. The number of hydrogen-bond acceptors (Lipinski definition) is 3. The van der Waals surface area contributed by atoms with E-state index in [9.17, 15) is 0 Å². The normalized spacial score (nSPS) is 10.1. The molecule has 0 aliphatic carbocycles. The first-order chi connectivity index (χ1) is 8.77. The van der Waals surface area contributed by atoms with E-state index < -0.39 is 0 Å². The summed E-state index contributed by atoms with van der Waals surface area (Å²) >= 11 is 3.45. The SMILES string of the molecule is Cc1ccnc(OCCOc2ccccc2)c1Br. The summed E-state index contributed by atoms with van der Waals surface area (Å²) in [5.74, 6) is 1.45. The minimum absolute atomic E-state index is 0.462. The Hall–Kier alpha value is -1.55. The monoisotopic (exact) mass is 307 g/mol. The Kier molecular flexibility index (Phi) is 4.59. The third-order valence-electron chi connectivity index (χ3n) is 2.38. The van der Waals surface area contributed by atoms with Crippen molar-refractivity contribution < 1.29 is 9.47 Å². The third kappa shape index (κ3) is 3.47. The van der Waals surface area contributed by atoms with Gasteiger partial charge < -0.3 is 9.47 Å². The summed E-state index contributed by atoms with van der Waals surface area (Å²) in [6.45, 7) is 2.95. The van der Waals surface area contributed by atoms with Crippen molar-refractivity contribution in [3.05, 3.63) is 52.6 Å². The molecule has 2 rings (SSSR count). The number of aryl methyl sites for hydroxylation is 1. The fourth-order valence-electron chi connectivity index (χ4n) is 1.43. The van der Waals surface area contributed by atoms with Gasteiger partial charge in [-0.1, -0.05) is 18.2 Å². The fraction of sp³-hybridized carbons (Fsp3) is 0.214. The number of benzene rings is 1. The molecule has 0 saturated carbocycles. The maximum Gasteiger partial charge on any atom is 0.228 e. The lowest BCUT2D eigenvalue weighted by Gasteiger charge is -2.09. The molecular formula is C14H14BrNO2. The van der Waals surface area contributed by atoms with E-state index in [4.69, 9.17) is 9.47 Å². The van der Waals surface area contributed by atoms with Crippen molar-refractivity contribution in [2.24, 2.45) is 0 Å². The van der Waals surface area contributed by atoms with E-state index in [1.54, 1.807) is 6.20 Å². The van der Waals surface area contributed by atoms with Gasteiger partial charge in [-0.25, -0.2) is 4.98 Å². The lowest BCUT2D eigenvalue weighted by atomic mass is 10.3. The lowest BCUT2D eigenvalue weighted by molar-refractivity contribution is 0.211. The maximum absolute atomic E-state index is 5.56. The molecule has 0 aliphatic rings. The van der Waals surface area contributed by atoms with Crippen molar-refractivity contribution in [1.29, 1.82) is 0 Å². The molecule has 0 saturated heterocycles. The van der Waals surface area contributed by atoms with Gasteiger partial charge in [0.25, 0.3) is 0 Å². The van der Waals surface area contributed by atoms with Crippen molar-refractivity contribution in [2.75, 3.05) is 13.2 Å². The van der Waals surface area contributed by atoms with Crippen molar-refractivity contribution >= 4 is 15.9 Å². The van der Waals surface area contributed by atoms with Crippen LogP contribution in [-0.2, 0) is 0 Å². The van der Waals surface area contributed by atoms with Gasteiger partial charge >= 0.3 is 0 Å². The zero-order chi connectivity index (χ0) is 12.8. The van der Waals surface area contributed by atoms with Gasteiger partial charge in [0.05, 0.1) is 4.47 Å². The molecule has 1 aromatic carbocycles. The molecule has 0 aliphatic heterocycles. The van der Waals surface area contributed by atoms with Crippen molar-refractivity contribution in [3.63, 3.8) is 0 Å². The summed E-state index contributed by atoms with van der Waals surface area (Å²) in [6.07, 6.45) is 1.73. The zero-order valence-electron chi connectivity index (χ0n) is 10.1. The zero-order valence-corrected chi connectivity index (χ0v) is 11.7. The summed E-state index contributed by atoms with van der Waals surface area (Å²) in [5, 5.41) is 0. The Bertz CT molecular complexity index is 502. The number of aromatic nitrogens is 1. The van der Waals surface area contributed by atoms with Crippen LogP contribution in [0.2, 0.25) is 0 Å². The van der Waals surface area contributed by atoms with Gasteiger partial charge in [-0.15, -0.1) is 0 Å². The number of nitrogens with zero attached hydrogens (tertiary/aromatic N) is 1. The van der Waals surface area contributed by atoms with Crippen LogP contribution in [0.3, 0.4) is 0 Å². The van der Waals surface area contributed by atoms with E-state index in [0.29, 0.717) is 19.1 Å². The van der Waals surface area contributed by atoms with Crippen LogP contribution in [0.1, 0.15) is 5.56 Å². The van der Waals surface area contributed by atoms with E-state index in [0.717, 1.165) is 15.8 Å². The average Bonchev–Trinajstić information content (AvgIpc) is 2.40. The van der Waals surface area contributed by atoms with Gasteiger partial charge in [-0.3, -0.25) is 0 Å². The van der Waals surface area contributed by atoms with Crippen molar-refractivity contribution in [3.8, 4) is 11.6 Å². The van der Waals surface area contributed by atoms with Crippen LogP contribution in [0.15, 0.2) is 47.1 Å². The molecule has 18 heavy (non-hydrogen) atoms. The number of pyridine rings is 1. The molecule has 3 nitrogen and oxygen atoms in total. The second-order valence-electron chi connectivity index (χ2n) is 3.76. The van der Waals surface area contributed by atoms with Crippen LogP contribution in [0.25, 0.3) is 0 Å². The Morgan fingerprint density at radius 2 is 1.78 bits per heavy atom. The highest BCUT2D eigenvalue weighted by Gasteiger charge is 2.04. The first-order valence-electron chi connectivity index (χ1n) is 5.69. The highest BCUT2D eigenvalue weighted by molar-refractivity contribution is 9.10. The summed E-state index contributed by atoms with van der Waals surface area (Å²) in [5.41, 5.74) is 1.10. The molecule has 0 atom stereocenters. The molecule has 1 aromatic heterocycles. The van der Waals surface area contributed by atoms with Gasteiger partial charge in [0.2, 0.25) is 5.88 Å². The molecule has 0 spiro atoms. The van der Waals surface area contributed by atoms with Gasteiger partial charge in [0.1, 0.15) is 19.0 Å². The van der Waals surface area contributed by atoms with Crippen molar-refractivity contribution in [2.45, 2.75) is 6.92 Å². The van der Waals surface area contributed by atoms with Crippen LogP contribution >= 0.6 is 15.9 Å². The molecular weight excluding hydrogens is 294 g/mol. The molecule has 4 heteroatoms. The summed E-state index contributed by atoms with van der Waals surface area (Å²) in [6, 6.07) is 11.6. The lowest BCUT2D eigenvalue weighted by Crippen LogP contribution is -2.10. The summed E-state index contributed by atoms with van der Waals surface area (Å²) in [4.78, 5) is 4.16. The molecule has 0 bridgehead atoms. The van der Waals surface area contributed by atoms with E-state index in [1.165, 1.54) is 0 Å². The van der Waals surface area contributed by atoms with Gasteiger partial charge in [0.15, 0.2) is 0 Å². The summed E-state index contributed by atoms with van der Waals surface area (Å²) in [7, 11) is 0. The molecule has 0 unspecified atom stereocenters. The maximum atomic E-state index is 5.56. The quantitative estimate of drug-likeness (QED) is 0.791. The van der Waals surface area contributed by atoms with Gasteiger partial charge in [-0.2, -0.15) is 0 Å². The smallest absolute Gasteiger partial charge is 0.228 e. The Labute approximate surface area is 115 Å². The number of halogens is 1. The number of rotatable bonds is 5. The molecule has 94 valence electrons. The van der Waals surface area contributed by atoms with Crippen molar-refractivity contribution in [1.82, 2.24) is 4.98 Å². The van der Waals surface area contributed by atoms with Gasteiger partial charge in [-0.05, 0) is 46.6 Å². The fourth-order valence-corrected chi connectivity index (χ4v) is 1.78. The first kappa shape index (κ1) is 12.9. The van der Waals surface area contributed by atoms with Gasteiger partial charge in [0, 0.05) is 6.20 Å². The minimum atomic E-state index is 0.462. The second-order valence-corrected chi connectivity index (χ2v) is 4.55. The number of ether oxygens (including phenoxy) is 2. The second kappa shape index (κ2) is 6.40. The van der Waals surface area contributed by atoms with Crippen LogP contribution < -0.4 is 9.47 Å². The standard InChI is InChI=1S/C14H14BrNO2/c1-11-7-8-16-14(13(11)15)18-10-9-17-12-5-3-2-4-6-12/h2-8H,9-10H2,1H3. The van der Waals surface area contributed by atoms with E-state index in [1.807, 2.05) is 43.3 Å². The minimum Gasteiger partial charge on any atom is -0.490 e. The van der Waals surface area contributed by atoms with E-state index >= 15 is 0 Å². The molecule has 2 aromatic rings. The van der Waals surface area contributed by atoms with Crippen LogP contribution in [0.5, 0.6) is 11.6 Å². The Balaban J connectivity index is 1.81. The highest BCUT2D eigenvalue weighted by Crippen LogP contribution is 2.25. The third-order valence-corrected chi connectivity index (χ3v) is 3.35. The molecule has 0 fully saturated rings. The predicted molar refractivity (Wildman–Crippen MR) is 74.1 cm³/mol. The number of hydrogen-bond donors (Lipinski definition) is 0.